The van der Waals surface area contributed by atoms with E-state index in [1.165, 1.54) is 12.8 Å². The van der Waals surface area contributed by atoms with Crippen molar-refractivity contribution in [2.45, 2.75) is 32.0 Å². The second-order valence-electron chi connectivity index (χ2n) is 5.13. The minimum Gasteiger partial charge on any atom is -0.380 e. The summed E-state index contributed by atoms with van der Waals surface area (Å²) in [4.78, 5) is 2.29. The van der Waals surface area contributed by atoms with Gasteiger partial charge in [-0.15, -0.1) is 0 Å². The lowest BCUT2D eigenvalue weighted by Gasteiger charge is -2.25. The Kier molecular flexibility index (Phi) is 5.71. The zero-order valence-electron chi connectivity index (χ0n) is 10.9. The smallest absolute Gasteiger partial charge is 0.158 e. The minimum absolute atomic E-state index is 0.0126. The van der Waals surface area contributed by atoms with E-state index in [4.69, 9.17) is 14.2 Å². The molecule has 1 aliphatic heterocycles. The average Bonchev–Trinajstić information content (AvgIpc) is 3.17. The standard InChI is InChI=1S/C13H25NO3/c1-14(7-10-15-11-12-3-4-12)6-5-13-16-8-2-9-17-13/h12-13H,2-11H2,1H3. The summed E-state index contributed by atoms with van der Waals surface area (Å²) in [6.07, 6.45) is 4.73. The molecule has 0 aromatic rings. The maximum absolute atomic E-state index is 5.62. The summed E-state index contributed by atoms with van der Waals surface area (Å²) in [5.74, 6) is 0.865. The number of hydrogen-bond acceptors (Lipinski definition) is 4. The van der Waals surface area contributed by atoms with Crippen molar-refractivity contribution in [2.24, 2.45) is 5.92 Å². The Morgan fingerprint density at radius 1 is 1.18 bits per heavy atom. The molecule has 0 amide bonds. The SMILES string of the molecule is CN(CCOCC1CC1)CCC1OCCCO1. The molecular formula is C13H25NO3. The molecule has 0 N–H and O–H groups in total. The van der Waals surface area contributed by atoms with Crippen LogP contribution in [0.1, 0.15) is 25.7 Å². The molecule has 1 aliphatic carbocycles. The van der Waals surface area contributed by atoms with Crippen LogP contribution in [0.15, 0.2) is 0 Å². The second kappa shape index (κ2) is 7.31. The zero-order valence-corrected chi connectivity index (χ0v) is 10.9. The van der Waals surface area contributed by atoms with Gasteiger partial charge in [0.15, 0.2) is 6.29 Å². The molecule has 1 heterocycles. The van der Waals surface area contributed by atoms with E-state index in [0.29, 0.717) is 0 Å². The quantitative estimate of drug-likeness (QED) is 0.605. The third kappa shape index (κ3) is 5.82. The fourth-order valence-electron chi connectivity index (χ4n) is 1.90. The van der Waals surface area contributed by atoms with Gasteiger partial charge in [-0.3, -0.25) is 0 Å². The number of likely N-dealkylation sites (N-methyl/N-ethyl adjacent to an activating group) is 1. The molecule has 0 radical (unpaired) electrons. The Bertz CT molecular complexity index is 203. The first kappa shape index (κ1) is 13.3. The Balaban J connectivity index is 1.43. The Labute approximate surface area is 104 Å². The first-order chi connectivity index (χ1) is 8.34. The van der Waals surface area contributed by atoms with Crippen LogP contribution >= 0.6 is 0 Å². The van der Waals surface area contributed by atoms with Crippen LogP contribution in [-0.4, -0.2) is 57.8 Å². The van der Waals surface area contributed by atoms with E-state index in [1.807, 2.05) is 0 Å². The van der Waals surface area contributed by atoms with E-state index in [1.54, 1.807) is 0 Å². The summed E-state index contributed by atoms with van der Waals surface area (Å²) < 4.78 is 16.6. The summed E-state index contributed by atoms with van der Waals surface area (Å²) in [6.45, 7) is 5.51. The minimum atomic E-state index is 0.0126. The molecule has 1 saturated heterocycles. The van der Waals surface area contributed by atoms with E-state index in [-0.39, 0.29) is 6.29 Å². The van der Waals surface area contributed by atoms with Crippen molar-refractivity contribution in [1.82, 2.24) is 4.90 Å². The van der Waals surface area contributed by atoms with Crippen molar-refractivity contribution in [3.8, 4) is 0 Å². The maximum Gasteiger partial charge on any atom is 0.158 e. The summed E-state index contributed by atoms with van der Waals surface area (Å²) in [6, 6.07) is 0. The van der Waals surface area contributed by atoms with Crippen LogP contribution in [0, 0.1) is 5.92 Å². The third-order valence-corrected chi connectivity index (χ3v) is 3.31. The average molecular weight is 243 g/mol. The molecule has 1 saturated carbocycles. The van der Waals surface area contributed by atoms with Crippen molar-refractivity contribution in [3.05, 3.63) is 0 Å². The van der Waals surface area contributed by atoms with Crippen LogP contribution in [0.25, 0.3) is 0 Å². The van der Waals surface area contributed by atoms with Gasteiger partial charge in [-0.05, 0) is 32.2 Å². The summed E-state index contributed by atoms with van der Waals surface area (Å²) in [5, 5.41) is 0. The molecule has 100 valence electrons. The fourth-order valence-corrected chi connectivity index (χ4v) is 1.90. The van der Waals surface area contributed by atoms with Crippen molar-refractivity contribution >= 4 is 0 Å². The van der Waals surface area contributed by atoms with Crippen molar-refractivity contribution in [2.75, 3.05) is 46.6 Å². The lowest BCUT2D eigenvalue weighted by Crippen LogP contribution is -2.31. The van der Waals surface area contributed by atoms with Gasteiger partial charge in [0.1, 0.15) is 0 Å². The normalized spacial score (nSPS) is 22.2. The Morgan fingerprint density at radius 3 is 2.65 bits per heavy atom. The highest BCUT2D eigenvalue weighted by molar-refractivity contribution is 4.72. The van der Waals surface area contributed by atoms with Gasteiger partial charge in [-0.1, -0.05) is 0 Å². The van der Waals surface area contributed by atoms with Crippen molar-refractivity contribution in [3.63, 3.8) is 0 Å². The molecule has 0 bridgehead atoms. The molecule has 0 aromatic carbocycles. The maximum atomic E-state index is 5.62. The number of rotatable bonds is 8. The molecule has 4 heteroatoms. The number of ether oxygens (including phenoxy) is 3. The van der Waals surface area contributed by atoms with Gasteiger partial charge >= 0.3 is 0 Å². The predicted octanol–water partition coefficient (Wildman–Crippen LogP) is 1.50. The molecule has 0 aromatic heterocycles. The van der Waals surface area contributed by atoms with E-state index >= 15 is 0 Å². The monoisotopic (exact) mass is 243 g/mol. The molecule has 2 aliphatic rings. The Hall–Kier alpha value is -0.160. The molecule has 2 rings (SSSR count). The third-order valence-electron chi connectivity index (χ3n) is 3.31. The summed E-state index contributed by atoms with van der Waals surface area (Å²) >= 11 is 0. The van der Waals surface area contributed by atoms with E-state index in [2.05, 4.69) is 11.9 Å². The highest BCUT2D eigenvalue weighted by Crippen LogP contribution is 2.28. The van der Waals surface area contributed by atoms with Gasteiger partial charge in [-0.2, -0.15) is 0 Å². The Morgan fingerprint density at radius 2 is 1.94 bits per heavy atom. The van der Waals surface area contributed by atoms with Gasteiger partial charge in [0.05, 0.1) is 19.8 Å². The van der Waals surface area contributed by atoms with Crippen molar-refractivity contribution < 1.29 is 14.2 Å². The van der Waals surface area contributed by atoms with Crippen LogP contribution in [0.2, 0.25) is 0 Å². The summed E-state index contributed by atoms with van der Waals surface area (Å²) in [5.41, 5.74) is 0. The van der Waals surface area contributed by atoms with E-state index in [0.717, 1.165) is 58.3 Å². The number of nitrogens with zero attached hydrogens (tertiary/aromatic N) is 1. The van der Waals surface area contributed by atoms with E-state index in [9.17, 15) is 0 Å². The van der Waals surface area contributed by atoms with E-state index < -0.39 is 0 Å². The first-order valence-electron chi connectivity index (χ1n) is 6.84. The zero-order chi connectivity index (χ0) is 11.9. The lowest BCUT2D eigenvalue weighted by molar-refractivity contribution is -0.182. The van der Waals surface area contributed by atoms with Crippen LogP contribution in [0.3, 0.4) is 0 Å². The molecule has 0 unspecified atom stereocenters. The highest BCUT2D eigenvalue weighted by Gasteiger charge is 2.21. The van der Waals surface area contributed by atoms with Gasteiger partial charge in [0, 0.05) is 26.1 Å². The van der Waals surface area contributed by atoms with Crippen LogP contribution < -0.4 is 0 Å². The van der Waals surface area contributed by atoms with Crippen molar-refractivity contribution in [1.29, 1.82) is 0 Å². The summed E-state index contributed by atoms with van der Waals surface area (Å²) in [7, 11) is 2.13. The topological polar surface area (TPSA) is 30.9 Å². The molecule has 0 spiro atoms. The van der Waals surface area contributed by atoms with Gasteiger partial charge in [-0.25, -0.2) is 0 Å². The largest absolute Gasteiger partial charge is 0.380 e. The predicted molar refractivity (Wildman–Crippen MR) is 66.0 cm³/mol. The van der Waals surface area contributed by atoms with Gasteiger partial charge < -0.3 is 19.1 Å². The first-order valence-corrected chi connectivity index (χ1v) is 6.84. The van der Waals surface area contributed by atoms with Crippen LogP contribution in [0.4, 0.5) is 0 Å². The molecule has 4 nitrogen and oxygen atoms in total. The molecule has 0 atom stereocenters. The fraction of sp³-hybridized carbons (Fsp3) is 1.00. The van der Waals surface area contributed by atoms with Gasteiger partial charge in [0.25, 0.3) is 0 Å². The number of hydrogen-bond donors (Lipinski definition) is 0. The molecule has 17 heavy (non-hydrogen) atoms. The second-order valence-corrected chi connectivity index (χ2v) is 5.13. The highest BCUT2D eigenvalue weighted by atomic mass is 16.7. The van der Waals surface area contributed by atoms with Crippen LogP contribution in [0.5, 0.6) is 0 Å². The lowest BCUT2D eigenvalue weighted by atomic mass is 10.3. The van der Waals surface area contributed by atoms with Gasteiger partial charge in [0.2, 0.25) is 0 Å². The molecular weight excluding hydrogens is 218 g/mol. The van der Waals surface area contributed by atoms with Crippen LogP contribution in [-0.2, 0) is 14.2 Å². The molecule has 2 fully saturated rings.